The Balaban J connectivity index is 2.41. The van der Waals surface area contributed by atoms with E-state index in [1.165, 1.54) is 5.56 Å². The molecule has 3 nitrogen and oxygen atoms in total. The number of fused-ring (bicyclic) bond motifs is 1. The van der Waals surface area contributed by atoms with Crippen LogP contribution in [0.25, 0.3) is 0 Å². The van der Waals surface area contributed by atoms with Crippen molar-refractivity contribution in [3.05, 3.63) is 23.3 Å². The van der Waals surface area contributed by atoms with Crippen LogP contribution >= 0.6 is 0 Å². The van der Waals surface area contributed by atoms with E-state index in [2.05, 4.69) is 6.92 Å². The second-order valence-corrected chi connectivity index (χ2v) is 3.53. The normalized spacial score (nSPS) is 14.6. The molecule has 0 aliphatic carbocycles. The van der Waals surface area contributed by atoms with Crippen LogP contribution in [-0.2, 0) is 17.8 Å². The molecule has 0 saturated heterocycles. The quantitative estimate of drug-likeness (QED) is 0.731. The van der Waals surface area contributed by atoms with Crippen molar-refractivity contribution in [3.63, 3.8) is 0 Å². The Morgan fingerprint density at radius 1 is 1.43 bits per heavy atom. The number of hydrogen-bond acceptors (Lipinski definition) is 3. The van der Waals surface area contributed by atoms with Crippen molar-refractivity contribution in [1.82, 2.24) is 0 Å². The van der Waals surface area contributed by atoms with Gasteiger partial charge in [0.05, 0.1) is 6.61 Å². The number of nitrogen functional groups attached to an aromatic ring is 1. The molecular weight excluding hydrogens is 178 g/mol. The highest BCUT2D eigenvalue weighted by Gasteiger charge is 2.15. The van der Waals surface area contributed by atoms with Crippen LogP contribution in [0.15, 0.2) is 12.1 Å². The van der Waals surface area contributed by atoms with E-state index >= 15 is 0 Å². The number of nitrogens with two attached hydrogens (primary N) is 1. The van der Waals surface area contributed by atoms with E-state index in [9.17, 15) is 0 Å². The molecule has 0 spiro atoms. The number of hydrogen-bond donors (Lipinski definition) is 1. The summed E-state index contributed by atoms with van der Waals surface area (Å²) in [5, 5.41) is 0. The average molecular weight is 193 g/mol. The maximum Gasteiger partial charge on any atom is 0.189 e. The van der Waals surface area contributed by atoms with Gasteiger partial charge in [-0.05, 0) is 24.1 Å². The number of benzene rings is 1. The fraction of sp³-hybridized carbons (Fsp3) is 0.455. The molecule has 1 heterocycles. The predicted molar refractivity (Wildman–Crippen MR) is 55.1 cm³/mol. The Kier molecular flexibility index (Phi) is 2.59. The molecule has 0 saturated carbocycles. The van der Waals surface area contributed by atoms with Crippen molar-refractivity contribution in [1.29, 1.82) is 0 Å². The van der Waals surface area contributed by atoms with Gasteiger partial charge in [0.25, 0.3) is 0 Å². The molecule has 1 aromatic carbocycles. The molecule has 0 amide bonds. The number of aryl methyl sites for hydroxylation is 1. The van der Waals surface area contributed by atoms with Crippen molar-refractivity contribution < 1.29 is 9.47 Å². The summed E-state index contributed by atoms with van der Waals surface area (Å²) in [6.07, 6.45) is 2.10. The van der Waals surface area contributed by atoms with E-state index in [0.29, 0.717) is 13.4 Å². The van der Waals surface area contributed by atoms with Crippen LogP contribution in [0.3, 0.4) is 0 Å². The fourth-order valence-corrected chi connectivity index (χ4v) is 1.78. The Morgan fingerprint density at radius 2 is 2.29 bits per heavy atom. The van der Waals surface area contributed by atoms with E-state index in [4.69, 9.17) is 15.2 Å². The SMILES string of the molecule is CCCc1cc(N)cc2c1OCOC2. The average Bonchev–Trinajstić information content (AvgIpc) is 2.18. The topological polar surface area (TPSA) is 44.5 Å². The zero-order valence-corrected chi connectivity index (χ0v) is 8.38. The third-order valence-corrected chi connectivity index (χ3v) is 2.33. The van der Waals surface area contributed by atoms with Crippen LogP contribution in [0.5, 0.6) is 5.75 Å². The second-order valence-electron chi connectivity index (χ2n) is 3.53. The zero-order valence-electron chi connectivity index (χ0n) is 8.38. The Hall–Kier alpha value is -1.22. The van der Waals surface area contributed by atoms with Gasteiger partial charge in [-0.2, -0.15) is 0 Å². The largest absolute Gasteiger partial charge is 0.467 e. The summed E-state index contributed by atoms with van der Waals surface area (Å²) in [5.41, 5.74) is 8.86. The fourth-order valence-electron chi connectivity index (χ4n) is 1.78. The third-order valence-electron chi connectivity index (χ3n) is 2.33. The van der Waals surface area contributed by atoms with Gasteiger partial charge in [-0.3, -0.25) is 0 Å². The molecule has 2 rings (SSSR count). The first kappa shape index (κ1) is 9.34. The summed E-state index contributed by atoms with van der Waals surface area (Å²) < 4.78 is 10.7. The zero-order chi connectivity index (χ0) is 9.97. The van der Waals surface area contributed by atoms with E-state index in [1.807, 2.05) is 12.1 Å². The first-order chi connectivity index (χ1) is 6.81. The summed E-state index contributed by atoms with van der Waals surface area (Å²) in [5.74, 6) is 0.979. The van der Waals surface area contributed by atoms with Crippen molar-refractivity contribution in [3.8, 4) is 5.75 Å². The van der Waals surface area contributed by atoms with Gasteiger partial charge in [0, 0.05) is 11.3 Å². The van der Waals surface area contributed by atoms with E-state index < -0.39 is 0 Å². The summed E-state index contributed by atoms with van der Waals surface area (Å²) in [6, 6.07) is 3.92. The Bertz CT molecular complexity index is 336. The van der Waals surface area contributed by atoms with Gasteiger partial charge in [0.1, 0.15) is 5.75 Å². The second kappa shape index (κ2) is 3.88. The Morgan fingerprint density at radius 3 is 3.07 bits per heavy atom. The third kappa shape index (κ3) is 1.68. The predicted octanol–water partition coefficient (Wildman–Crippen LogP) is 2.09. The first-order valence-corrected chi connectivity index (χ1v) is 4.93. The lowest BCUT2D eigenvalue weighted by atomic mass is 10.0. The lowest BCUT2D eigenvalue weighted by Crippen LogP contribution is -2.13. The molecule has 1 aliphatic heterocycles. The van der Waals surface area contributed by atoms with Gasteiger partial charge in [-0.1, -0.05) is 13.3 Å². The molecule has 0 bridgehead atoms. The molecular formula is C11H15NO2. The van der Waals surface area contributed by atoms with Crippen LogP contribution < -0.4 is 10.5 Å². The highest BCUT2D eigenvalue weighted by atomic mass is 16.7. The van der Waals surface area contributed by atoms with Crippen molar-refractivity contribution in [2.75, 3.05) is 12.5 Å². The summed E-state index contributed by atoms with van der Waals surface area (Å²) in [7, 11) is 0. The van der Waals surface area contributed by atoms with Gasteiger partial charge in [-0.15, -0.1) is 0 Å². The summed E-state index contributed by atoms with van der Waals surface area (Å²) >= 11 is 0. The number of anilines is 1. The van der Waals surface area contributed by atoms with Crippen molar-refractivity contribution >= 4 is 5.69 Å². The lowest BCUT2D eigenvalue weighted by molar-refractivity contribution is -0.0170. The van der Waals surface area contributed by atoms with Crippen LogP contribution in [0, 0.1) is 0 Å². The molecule has 0 unspecified atom stereocenters. The first-order valence-electron chi connectivity index (χ1n) is 4.93. The Labute approximate surface area is 83.8 Å². The molecule has 14 heavy (non-hydrogen) atoms. The van der Waals surface area contributed by atoms with Crippen molar-refractivity contribution in [2.45, 2.75) is 26.4 Å². The van der Waals surface area contributed by atoms with E-state index in [-0.39, 0.29) is 0 Å². The molecule has 76 valence electrons. The van der Waals surface area contributed by atoms with Crippen LogP contribution in [0.1, 0.15) is 24.5 Å². The monoisotopic (exact) mass is 193 g/mol. The minimum absolute atomic E-state index is 0.355. The van der Waals surface area contributed by atoms with E-state index in [0.717, 1.165) is 29.8 Å². The number of ether oxygens (including phenoxy) is 2. The van der Waals surface area contributed by atoms with E-state index in [1.54, 1.807) is 0 Å². The van der Waals surface area contributed by atoms with Crippen molar-refractivity contribution in [2.24, 2.45) is 0 Å². The van der Waals surface area contributed by atoms with Gasteiger partial charge < -0.3 is 15.2 Å². The standard InChI is InChI=1S/C11H15NO2/c1-2-3-8-4-10(12)5-9-6-13-7-14-11(8)9/h4-5H,2-3,6-7,12H2,1H3. The summed E-state index contributed by atoms with van der Waals surface area (Å²) in [4.78, 5) is 0. The minimum Gasteiger partial charge on any atom is -0.467 e. The molecule has 0 atom stereocenters. The molecule has 3 heteroatoms. The molecule has 0 aromatic heterocycles. The smallest absolute Gasteiger partial charge is 0.189 e. The van der Waals surface area contributed by atoms with Crippen LogP contribution in [-0.4, -0.2) is 6.79 Å². The lowest BCUT2D eigenvalue weighted by Gasteiger charge is -2.21. The highest BCUT2D eigenvalue weighted by molar-refractivity contribution is 5.53. The maximum atomic E-state index is 5.80. The van der Waals surface area contributed by atoms with Crippen LogP contribution in [0.2, 0.25) is 0 Å². The van der Waals surface area contributed by atoms with Gasteiger partial charge in [-0.25, -0.2) is 0 Å². The highest BCUT2D eigenvalue weighted by Crippen LogP contribution is 2.31. The molecule has 1 aliphatic rings. The van der Waals surface area contributed by atoms with Gasteiger partial charge in [0.15, 0.2) is 6.79 Å². The van der Waals surface area contributed by atoms with Crippen LogP contribution in [0.4, 0.5) is 5.69 Å². The minimum atomic E-state index is 0.355. The maximum absolute atomic E-state index is 5.80. The molecule has 0 radical (unpaired) electrons. The summed E-state index contributed by atoms with van der Waals surface area (Å²) in [6.45, 7) is 3.11. The van der Waals surface area contributed by atoms with Gasteiger partial charge in [0.2, 0.25) is 0 Å². The number of rotatable bonds is 2. The molecule has 0 fully saturated rings. The molecule has 1 aromatic rings. The molecule has 2 N–H and O–H groups in total. The van der Waals surface area contributed by atoms with Gasteiger partial charge >= 0.3 is 0 Å².